The molecule has 106 valence electrons. The van der Waals surface area contributed by atoms with E-state index in [0.717, 1.165) is 0 Å². The second-order valence-corrected chi connectivity index (χ2v) is 23.9. The Balaban J connectivity index is 3.02. The molecule has 0 nitrogen and oxygen atoms in total. The lowest BCUT2D eigenvalue weighted by Gasteiger charge is -2.35. The van der Waals surface area contributed by atoms with Gasteiger partial charge < -0.3 is 0 Å². The number of hydrogen-bond donors (Lipinski definition) is 0. The van der Waals surface area contributed by atoms with Crippen LogP contribution in [-0.2, 0) is 2.86 Å². The van der Waals surface area contributed by atoms with Crippen molar-refractivity contribution in [3.8, 4) is 0 Å². The normalized spacial score (nSPS) is 22.4. The fraction of sp³-hybridized carbons (Fsp3) is 0.333. The van der Waals surface area contributed by atoms with E-state index in [0.29, 0.717) is 0 Å². The first-order valence-corrected chi connectivity index (χ1v) is 15.2. The topological polar surface area (TPSA) is 0 Å². The summed E-state index contributed by atoms with van der Waals surface area (Å²) in [4.78, 5) is 0. The predicted octanol–water partition coefficient (Wildman–Crippen LogP) is 8.73. The summed E-state index contributed by atoms with van der Waals surface area (Å²) in [5, 5.41) is 0. The van der Waals surface area contributed by atoms with Gasteiger partial charge in [0.25, 0.3) is 0 Å². The Morgan fingerprint density at radius 1 is 0.474 bits per heavy atom. The predicted molar refractivity (Wildman–Crippen MR) is 168 cm³/mol. The summed E-state index contributed by atoms with van der Waals surface area (Å²) in [5.74, 6) is 0. The van der Waals surface area contributed by atoms with Gasteiger partial charge in [0.1, 0.15) is 4.29 Å². The molecule has 0 saturated heterocycles. The van der Waals surface area contributed by atoms with E-state index in [4.69, 9.17) is 0 Å². The molecule has 0 aliphatic heterocycles. The van der Waals surface area contributed by atoms with Crippen molar-refractivity contribution in [2.45, 2.75) is 4.29 Å². The van der Waals surface area contributed by atoms with E-state index >= 15 is 0 Å². The van der Waals surface area contributed by atoms with Crippen LogP contribution in [0, 0.1) is 14.3 Å². The molecule has 1 aromatic rings. The van der Waals surface area contributed by atoms with E-state index in [9.17, 15) is 0 Å². The maximum absolute atomic E-state index is 2.65. The Labute approximate surface area is 248 Å². The van der Waals surface area contributed by atoms with Crippen LogP contribution >= 0.6 is 226 Å². The van der Waals surface area contributed by atoms with Gasteiger partial charge in [0, 0.05) is 25.4 Å². The van der Waals surface area contributed by atoms with E-state index in [1.165, 1.54) is 25.4 Å². The molecule has 0 unspecified atom stereocenters. The highest BCUT2D eigenvalue weighted by Gasteiger charge is 2.67. The number of fused-ring (bicyclic) bond motifs is 1. The molecule has 0 spiro atoms. The molecule has 0 amide bonds. The van der Waals surface area contributed by atoms with Crippen molar-refractivity contribution in [3.63, 3.8) is 0 Å². The molecular formula is C9I10. The lowest BCUT2D eigenvalue weighted by molar-refractivity contribution is 0.905. The maximum Gasteiger partial charge on any atom is 0.129 e. The second kappa shape index (κ2) is 7.50. The van der Waals surface area contributed by atoms with Crippen LogP contribution in [0.4, 0.5) is 0 Å². The van der Waals surface area contributed by atoms with Crippen molar-refractivity contribution in [2.75, 3.05) is 0 Å². The van der Waals surface area contributed by atoms with Gasteiger partial charge in [0.15, 0.2) is 0 Å². The van der Waals surface area contributed by atoms with Crippen LogP contribution in [0.15, 0.2) is 0 Å². The molecule has 10 heteroatoms. The van der Waals surface area contributed by atoms with Crippen molar-refractivity contribution >= 4 is 226 Å². The molecule has 0 N–H and O–H groups in total. The van der Waals surface area contributed by atoms with E-state index in [2.05, 4.69) is 226 Å². The zero-order valence-electron chi connectivity index (χ0n) is 8.28. The lowest BCUT2D eigenvalue weighted by Crippen LogP contribution is -2.36. The molecular weight excluding hydrogens is 1380 g/mol. The minimum absolute atomic E-state index is 0.0993. The third-order valence-corrected chi connectivity index (χ3v) is 27.0. The Kier molecular flexibility index (Phi) is 8.61. The molecule has 1 aliphatic carbocycles. The van der Waals surface area contributed by atoms with Crippen LogP contribution in [0.5, 0.6) is 0 Å². The molecule has 0 bridgehead atoms. The van der Waals surface area contributed by atoms with E-state index in [1.807, 2.05) is 0 Å². The van der Waals surface area contributed by atoms with Crippen LogP contribution in [0.25, 0.3) is 0 Å². The zero-order chi connectivity index (χ0) is 15.0. The van der Waals surface area contributed by atoms with Gasteiger partial charge in [-0.3, -0.25) is 0 Å². The maximum atomic E-state index is 2.65. The molecule has 0 radical (unpaired) electrons. The summed E-state index contributed by atoms with van der Waals surface area (Å²) in [5.41, 5.74) is 3.05. The summed E-state index contributed by atoms with van der Waals surface area (Å²) in [6.07, 6.45) is 0. The van der Waals surface area contributed by atoms with Gasteiger partial charge in [-0.2, -0.15) is 0 Å². The Morgan fingerprint density at radius 2 is 0.737 bits per heavy atom. The van der Waals surface area contributed by atoms with Crippen LogP contribution in [-0.4, -0.2) is 1.43 Å². The monoisotopic (exact) mass is 1380 g/mol. The average molecular weight is 1380 g/mol. The van der Waals surface area contributed by atoms with Crippen LogP contribution in [0.3, 0.4) is 0 Å². The quantitative estimate of drug-likeness (QED) is 0.106. The molecule has 0 saturated carbocycles. The number of benzene rings is 1. The summed E-state index contributed by atoms with van der Waals surface area (Å²) in [6, 6.07) is 0. The Bertz CT molecular complexity index is 524. The molecule has 0 fully saturated rings. The summed E-state index contributed by atoms with van der Waals surface area (Å²) in [6.45, 7) is 0. The second-order valence-electron chi connectivity index (χ2n) is 3.73. The molecule has 0 heterocycles. The molecule has 0 aromatic heterocycles. The fourth-order valence-electron chi connectivity index (χ4n) is 1.73. The molecule has 1 aliphatic rings. The average Bonchev–Trinajstić information content (AvgIpc) is 2.39. The van der Waals surface area contributed by atoms with Crippen molar-refractivity contribution in [3.05, 3.63) is 25.4 Å². The van der Waals surface area contributed by atoms with E-state index < -0.39 is 0 Å². The minimum Gasteiger partial charge on any atom is -0.0617 e. The third-order valence-electron chi connectivity index (χ3n) is 2.68. The molecule has 0 atom stereocenters. The lowest BCUT2D eigenvalue weighted by atomic mass is 10.1. The number of hydrogen-bond acceptors (Lipinski definition) is 0. The number of alkyl halides is 6. The van der Waals surface area contributed by atoms with Gasteiger partial charge in [-0.25, -0.2) is 0 Å². The standard InChI is InChI=1S/C9I10/c10-3-1-2(4(11)6(13)5(3)12)8(16,17)9(18,19)7(1,14)15. The number of rotatable bonds is 0. The van der Waals surface area contributed by atoms with Gasteiger partial charge in [-0.05, 0) is 90.4 Å². The van der Waals surface area contributed by atoms with Crippen molar-refractivity contribution < 1.29 is 0 Å². The molecule has 19 heavy (non-hydrogen) atoms. The summed E-state index contributed by atoms with van der Waals surface area (Å²) in [7, 11) is 0. The van der Waals surface area contributed by atoms with E-state index in [-0.39, 0.29) is 4.29 Å². The van der Waals surface area contributed by atoms with Crippen molar-refractivity contribution in [1.29, 1.82) is 0 Å². The summed E-state index contributed by atoms with van der Waals surface area (Å²) >= 11 is 25.9. The minimum atomic E-state index is 0.0993. The van der Waals surface area contributed by atoms with Gasteiger partial charge in [-0.15, -0.1) is 0 Å². The first-order valence-electron chi connectivity index (χ1n) is 4.39. The van der Waals surface area contributed by atoms with Crippen LogP contribution in [0.1, 0.15) is 11.1 Å². The molecule has 2 rings (SSSR count). The van der Waals surface area contributed by atoms with Crippen LogP contribution in [0.2, 0.25) is 0 Å². The zero-order valence-corrected chi connectivity index (χ0v) is 29.9. The van der Waals surface area contributed by atoms with Gasteiger partial charge in [0.2, 0.25) is 0 Å². The van der Waals surface area contributed by atoms with Gasteiger partial charge >= 0.3 is 0 Å². The largest absolute Gasteiger partial charge is 0.129 e. The SMILES string of the molecule is Ic1c(I)c(I)c2c(c1I)C(I)(I)C(I)(I)C2(I)I. The fourth-order valence-corrected chi connectivity index (χ4v) is 14.7. The van der Waals surface area contributed by atoms with Crippen LogP contribution < -0.4 is 0 Å². The highest BCUT2D eigenvalue weighted by Crippen LogP contribution is 2.76. The third kappa shape index (κ3) is 3.40. The summed E-state index contributed by atoms with van der Waals surface area (Å²) < 4.78 is 5.98. The van der Waals surface area contributed by atoms with Crippen molar-refractivity contribution in [2.24, 2.45) is 0 Å². The Hall–Kier alpha value is 6.52. The first kappa shape index (κ1) is 21.8. The Morgan fingerprint density at radius 3 is 1.00 bits per heavy atom. The first-order chi connectivity index (χ1) is 8.39. The van der Waals surface area contributed by atoms with Crippen molar-refractivity contribution in [1.82, 2.24) is 0 Å². The number of halogens is 10. The van der Waals surface area contributed by atoms with Gasteiger partial charge in [0.05, 0.1) is 0 Å². The van der Waals surface area contributed by atoms with Gasteiger partial charge in [-0.1, -0.05) is 136 Å². The highest BCUT2D eigenvalue weighted by molar-refractivity contribution is 14.2. The van der Waals surface area contributed by atoms with E-state index in [1.54, 1.807) is 0 Å². The highest BCUT2D eigenvalue weighted by atomic mass is 127. The smallest absolute Gasteiger partial charge is 0.0617 e. The molecule has 1 aromatic carbocycles.